The minimum atomic E-state index is 0.740. The van der Waals surface area contributed by atoms with Crippen molar-refractivity contribution in [3.63, 3.8) is 0 Å². The van der Waals surface area contributed by atoms with Crippen molar-refractivity contribution >= 4 is 0 Å². The molecule has 0 rings (SSSR count). The highest BCUT2D eigenvalue weighted by molar-refractivity contribution is 4.28. The fraction of sp³-hybridized carbons (Fsp3) is 1.00. The maximum Gasteiger partial charge on any atom is 0.0289 e. The van der Waals surface area contributed by atoms with Crippen LogP contribution in [0, 0.1) is 0 Å². The number of hydrazine groups is 4. The van der Waals surface area contributed by atoms with Gasteiger partial charge in [0.15, 0.2) is 0 Å². The van der Waals surface area contributed by atoms with Crippen LogP contribution in [0.4, 0.5) is 0 Å². The van der Waals surface area contributed by atoms with Crippen molar-refractivity contribution in [3.8, 4) is 0 Å². The van der Waals surface area contributed by atoms with Crippen molar-refractivity contribution in [1.29, 1.82) is 0 Å². The molecule has 0 unspecified atom stereocenters. The Morgan fingerprint density at radius 1 is 1.50 bits per heavy atom. The van der Waals surface area contributed by atoms with Crippen molar-refractivity contribution < 1.29 is 0 Å². The monoisotopic (exact) mass is 119 g/mol. The van der Waals surface area contributed by atoms with Gasteiger partial charge in [0.05, 0.1) is 0 Å². The molecule has 0 aliphatic heterocycles. The highest BCUT2D eigenvalue weighted by Crippen LogP contribution is 1.73. The Kier molecular flexibility index (Phi) is 3.67. The third-order valence-corrected chi connectivity index (χ3v) is 0.836. The van der Waals surface area contributed by atoms with Crippen LogP contribution < -0.4 is 17.1 Å². The maximum atomic E-state index is 5.13. The summed E-state index contributed by atoms with van der Waals surface area (Å²) in [7, 11) is 1.75. The lowest BCUT2D eigenvalue weighted by Gasteiger charge is -2.23. The van der Waals surface area contributed by atoms with Gasteiger partial charge in [0.2, 0.25) is 0 Å². The molecule has 0 aliphatic rings. The van der Waals surface area contributed by atoms with Crippen LogP contribution in [0.25, 0.3) is 0 Å². The lowest BCUT2D eigenvalue weighted by atomic mass is 10.8. The molecule has 0 saturated carbocycles. The van der Waals surface area contributed by atoms with E-state index in [0.29, 0.717) is 0 Å². The number of nitrogens with one attached hydrogen (secondary N) is 1. The zero-order valence-corrected chi connectivity index (χ0v) is 5.26. The molecular formula is C3H13N5. The molecule has 0 radical (unpaired) electrons. The summed E-state index contributed by atoms with van der Waals surface area (Å²) in [4.78, 5) is 0. The highest BCUT2D eigenvalue weighted by atomic mass is 16.0. The fourth-order valence-electron chi connectivity index (χ4n) is 0.437. The van der Waals surface area contributed by atoms with Gasteiger partial charge in [-0.15, -0.1) is 5.23 Å². The van der Waals surface area contributed by atoms with E-state index in [4.69, 9.17) is 11.7 Å². The SMILES string of the molecule is CCN(NC)N(N)N. The Labute approximate surface area is 49.1 Å². The predicted molar refractivity (Wildman–Crippen MR) is 31.7 cm³/mol. The topological polar surface area (TPSA) is 70.5 Å². The first-order valence-corrected chi connectivity index (χ1v) is 2.46. The zero-order valence-electron chi connectivity index (χ0n) is 5.26. The van der Waals surface area contributed by atoms with Gasteiger partial charge in [0.25, 0.3) is 0 Å². The van der Waals surface area contributed by atoms with Crippen LogP contribution >= 0.6 is 0 Å². The van der Waals surface area contributed by atoms with E-state index in [-0.39, 0.29) is 0 Å². The van der Waals surface area contributed by atoms with E-state index in [9.17, 15) is 0 Å². The van der Waals surface area contributed by atoms with E-state index >= 15 is 0 Å². The summed E-state index contributed by atoms with van der Waals surface area (Å²) in [6.45, 7) is 2.67. The van der Waals surface area contributed by atoms with Gasteiger partial charge in [-0.2, -0.15) is 5.12 Å². The molecule has 8 heavy (non-hydrogen) atoms. The second-order valence-electron chi connectivity index (χ2n) is 1.32. The first-order valence-electron chi connectivity index (χ1n) is 2.46. The van der Waals surface area contributed by atoms with E-state index in [1.807, 2.05) is 6.92 Å². The standard InChI is InChI=1S/C3H13N5/c1-3-7(6-2)8(4)5/h6H,3-5H2,1-2H3. The molecule has 50 valence electrons. The Bertz CT molecular complexity index is 49.6. The molecule has 0 amide bonds. The molecule has 0 aromatic heterocycles. The Hall–Kier alpha value is -0.200. The molecule has 0 fully saturated rings. The van der Waals surface area contributed by atoms with Crippen LogP contribution in [0.5, 0.6) is 0 Å². The predicted octanol–water partition coefficient (Wildman–Crippen LogP) is -1.59. The third kappa shape index (κ3) is 2.20. The van der Waals surface area contributed by atoms with Crippen LogP contribution in [-0.2, 0) is 0 Å². The van der Waals surface area contributed by atoms with E-state index in [0.717, 1.165) is 11.8 Å². The molecule has 5 N–H and O–H groups in total. The molecule has 0 bridgehead atoms. The summed E-state index contributed by atoms with van der Waals surface area (Å²) in [5.74, 6) is 10.3. The molecule has 0 spiro atoms. The van der Waals surface area contributed by atoms with Crippen molar-refractivity contribution in [2.24, 2.45) is 11.7 Å². The van der Waals surface area contributed by atoms with Crippen LogP contribution in [0.1, 0.15) is 6.92 Å². The molecule has 0 aromatic carbocycles. The average Bonchev–Trinajstić information content (AvgIpc) is 1.69. The van der Waals surface area contributed by atoms with Crippen molar-refractivity contribution in [1.82, 2.24) is 15.8 Å². The normalized spacial score (nSPS) is 11.2. The van der Waals surface area contributed by atoms with E-state index in [2.05, 4.69) is 5.43 Å². The van der Waals surface area contributed by atoms with Gasteiger partial charge < -0.3 is 0 Å². The van der Waals surface area contributed by atoms with Crippen molar-refractivity contribution in [2.75, 3.05) is 13.6 Å². The van der Waals surface area contributed by atoms with Gasteiger partial charge in [-0.1, -0.05) is 0 Å². The molecule has 5 heteroatoms. The summed E-state index contributed by atoms with van der Waals surface area (Å²) >= 11 is 0. The Morgan fingerprint density at radius 2 is 2.00 bits per heavy atom. The fourth-order valence-corrected chi connectivity index (χ4v) is 0.437. The van der Waals surface area contributed by atoms with Gasteiger partial charge >= 0.3 is 0 Å². The number of hydrogen-bond acceptors (Lipinski definition) is 5. The highest BCUT2D eigenvalue weighted by Gasteiger charge is 1.98. The van der Waals surface area contributed by atoms with Gasteiger partial charge in [-0.05, 0) is 6.92 Å². The Balaban J connectivity index is 3.35. The van der Waals surface area contributed by atoms with Crippen LogP contribution in [0.3, 0.4) is 0 Å². The molecule has 5 nitrogen and oxygen atoms in total. The largest absolute Gasteiger partial charge is 0.242 e. The second kappa shape index (κ2) is 3.76. The molecular weight excluding hydrogens is 106 g/mol. The summed E-state index contributed by atoms with van der Waals surface area (Å²) in [6.07, 6.45) is 0. The smallest absolute Gasteiger partial charge is 0.0289 e. The number of nitrogens with two attached hydrogens (primary N) is 2. The minimum Gasteiger partial charge on any atom is -0.242 e. The molecule has 0 aromatic rings. The molecule has 0 atom stereocenters. The lowest BCUT2D eigenvalue weighted by Crippen LogP contribution is -2.56. The van der Waals surface area contributed by atoms with Gasteiger partial charge in [0, 0.05) is 13.6 Å². The van der Waals surface area contributed by atoms with Gasteiger partial charge in [0.1, 0.15) is 0 Å². The van der Waals surface area contributed by atoms with E-state index < -0.39 is 0 Å². The maximum absolute atomic E-state index is 5.13. The molecule has 0 saturated heterocycles. The van der Waals surface area contributed by atoms with E-state index in [1.54, 1.807) is 12.2 Å². The van der Waals surface area contributed by atoms with Crippen LogP contribution in [0.15, 0.2) is 0 Å². The number of nitrogens with zero attached hydrogens (tertiary/aromatic N) is 2. The molecule has 0 aliphatic carbocycles. The first-order chi connectivity index (χ1) is 3.72. The summed E-state index contributed by atoms with van der Waals surface area (Å²) in [6, 6.07) is 0. The van der Waals surface area contributed by atoms with Crippen molar-refractivity contribution in [2.45, 2.75) is 6.92 Å². The Morgan fingerprint density at radius 3 is 2.00 bits per heavy atom. The summed E-state index contributed by atoms with van der Waals surface area (Å²) in [5.41, 5.74) is 2.76. The number of rotatable bonds is 3. The van der Waals surface area contributed by atoms with Crippen LogP contribution in [0.2, 0.25) is 0 Å². The number of hydrogen-bond donors (Lipinski definition) is 3. The molecule has 0 heterocycles. The van der Waals surface area contributed by atoms with Gasteiger partial charge in [-0.3, -0.25) is 0 Å². The quantitative estimate of drug-likeness (QED) is 0.308. The van der Waals surface area contributed by atoms with Gasteiger partial charge in [-0.25, -0.2) is 17.1 Å². The second-order valence-corrected chi connectivity index (χ2v) is 1.32. The van der Waals surface area contributed by atoms with E-state index in [1.165, 1.54) is 0 Å². The third-order valence-electron chi connectivity index (χ3n) is 0.836. The van der Waals surface area contributed by atoms with Crippen molar-refractivity contribution in [3.05, 3.63) is 0 Å². The lowest BCUT2D eigenvalue weighted by molar-refractivity contribution is -0.0625. The minimum absolute atomic E-state index is 0.740. The zero-order chi connectivity index (χ0) is 6.57. The summed E-state index contributed by atoms with van der Waals surface area (Å²) < 4.78 is 0. The average molecular weight is 119 g/mol. The van der Waals surface area contributed by atoms with Crippen LogP contribution in [-0.4, -0.2) is 23.9 Å². The summed E-state index contributed by atoms with van der Waals surface area (Å²) in [5, 5.41) is 2.56. The first kappa shape index (κ1) is 7.80.